The third-order valence-electron chi connectivity index (χ3n) is 2.91. The molecule has 0 unspecified atom stereocenters. The molecule has 17 heavy (non-hydrogen) atoms. The third kappa shape index (κ3) is 3.92. The first-order chi connectivity index (χ1) is 7.95. The van der Waals surface area contributed by atoms with Crippen molar-refractivity contribution in [3.63, 3.8) is 0 Å². The fourth-order valence-electron chi connectivity index (χ4n) is 1.97. The molecular weight excluding hydrogens is 225 g/mol. The van der Waals surface area contributed by atoms with Crippen LogP contribution in [-0.2, 0) is 9.53 Å². The van der Waals surface area contributed by atoms with Crippen molar-refractivity contribution in [3.8, 4) is 0 Å². The van der Waals surface area contributed by atoms with Gasteiger partial charge in [0.25, 0.3) is 5.91 Å². The van der Waals surface area contributed by atoms with Crippen LogP contribution in [0.5, 0.6) is 0 Å². The summed E-state index contributed by atoms with van der Waals surface area (Å²) in [5.41, 5.74) is 0. The number of amides is 1. The van der Waals surface area contributed by atoms with Crippen LogP contribution in [0.15, 0.2) is 0 Å². The van der Waals surface area contributed by atoms with Gasteiger partial charge in [-0.2, -0.15) is 0 Å². The van der Waals surface area contributed by atoms with Crippen LogP contribution in [0.3, 0.4) is 0 Å². The molecule has 0 saturated carbocycles. The molecule has 4 nitrogen and oxygen atoms in total. The van der Waals surface area contributed by atoms with Gasteiger partial charge in [0.05, 0.1) is 18.8 Å². The van der Waals surface area contributed by atoms with Gasteiger partial charge in [-0.25, -0.2) is 4.39 Å². The number of ether oxygens (including phenoxy) is 1. The summed E-state index contributed by atoms with van der Waals surface area (Å²) in [7, 11) is 0. The Labute approximate surface area is 102 Å². The van der Waals surface area contributed by atoms with Crippen LogP contribution < -0.4 is 0 Å². The van der Waals surface area contributed by atoms with E-state index in [1.54, 1.807) is 6.92 Å². The van der Waals surface area contributed by atoms with Crippen molar-refractivity contribution in [1.29, 1.82) is 0 Å². The van der Waals surface area contributed by atoms with E-state index in [4.69, 9.17) is 4.74 Å². The average Bonchev–Trinajstić information content (AvgIpc) is 2.29. The number of carbonyl (C=O) groups is 1. The third-order valence-corrected chi connectivity index (χ3v) is 2.91. The topological polar surface area (TPSA) is 49.8 Å². The minimum atomic E-state index is -1.17. The standard InChI is InChI=1S/C12H22FNO3/c1-4-10(15)12(16)14-6-5-11(9(13)7-14)17-8(2)3/h8-11,15H,4-7H2,1-3H3/t9-,10+,11+/m1/s1. The molecule has 100 valence electrons. The summed E-state index contributed by atoms with van der Waals surface area (Å²) in [6.07, 6.45) is -1.77. The molecule has 0 aliphatic carbocycles. The van der Waals surface area contributed by atoms with Crippen LogP contribution in [0.1, 0.15) is 33.6 Å². The average molecular weight is 247 g/mol. The maximum absolute atomic E-state index is 13.8. The SMILES string of the molecule is CC[C@H](O)C(=O)N1CC[C@H](OC(C)C)[C@H](F)C1. The second-order valence-corrected chi connectivity index (χ2v) is 4.74. The van der Waals surface area contributed by atoms with Crippen molar-refractivity contribution in [2.24, 2.45) is 0 Å². The highest BCUT2D eigenvalue weighted by atomic mass is 19.1. The van der Waals surface area contributed by atoms with Gasteiger partial charge in [0.1, 0.15) is 12.3 Å². The molecule has 1 heterocycles. The van der Waals surface area contributed by atoms with Crippen LogP contribution in [0.25, 0.3) is 0 Å². The Balaban J connectivity index is 2.49. The number of aliphatic hydroxyl groups excluding tert-OH is 1. The molecular formula is C12H22FNO3. The molecule has 1 rings (SSSR count). The highest BCUT2D eigenvalue weighted by molar-refractivity contribution is 5.80. The van der Waals surface area contributed by atoms with Gasteiger partial charge in [-0.3, -0.25) is 4.79 Å². The zero-order valence-corrected chi connectivity index (χ0v) is 10.7. The second kappa shape index (κ2) is 6.31. The normalized spacial score (nSPS) is 27.3. The number of halogens is 1. The van der Waals surface area contributed by atoms with Gasteiger partial charge in [-0.05, 0) is 26.7 Å². The summed E-state index contributed by atoms with van der Waals surface area (Å²) in [6.45, 7) is 5.93. The Bertz CT molecular complexity index is 260. The van der Waals surface area contributed by atoms with Gasteiger partial charge < -0.3 is 14.7 Å². The molecule has 1 amide bonds. The Morgan fingerprint density at radius 3 is 2.71 bits per heavy atom. The maximum atomic E-state index is 13.8. The molecule has 0 spiro atoms. The maximum Gasteiger partial charge on any atom is 0.251 e. The van der Waals surface area contributed by atoms with Gasteiger partial charge >= 0.3 is 0 Å². The van der Waals surface area contributed by atoms with E-state index in [0.29, 0.717) is 19.4 Å². The van der Waals surface area contributed by atoms with E-state index in [9.17, 15) is 14.3 Å². The van der Waals surface area contributed by atoms with E-state index < -0.39 is 18.4 Å². The number of piperidine rings is 1. The largest absolute Gasteiger partial charge is 0.383 e. The van der Waals surface area contributed by atoms with Crippen LogP contribution in [0, 0.1) is 0 Å². The van der Waals surface area contributed by atoms with Crippen LogP contribution in [-0.4, -0.2) is 53.5 Å². The van der Waals surface area contributed by atoms with E-state index in [1.807, 2.05) is 13.8 Å². The zero-order chi connectivity index (χ0) is 13.0. The van der Waals surface area contributed by atoms with Crippen molar-refractivity contribution >= 4 is 5.91 Å². The number of nitrogens with zero attached hydrogens (tertiary/aromatic N) is 1. The highest BCUT2D eigenvalue weighted by Gasteiger charge is 2.34. The Morgan fingerprint density at radius 2 is 2.24 bits per heavy atom. The number of carbonyl (C=O) groups excluding carboxylic acids is 1. The van der Waals surface area contributed by atoms with Crippen molar-refractivity contribution in [1.82, 2.24) is 4.90 Å². The predicted octanol–water partition coefficient (Wildman–Crippen LogP) is 1.12. The lowest BCUT2D eigenvalue weighted by molar-refractivity contribution is -0.147. The first kappa shape index (κ1) is 14.4. The van der Waals surface area contributed by atoms with Crippen molar-refractivity contribution in [2.75, 3.05) is 13.1 Å². The quantitative estimate of drug-likeness (QED) is 0.810. The van der Waals surface area contributed by atoms with Gasteiger partial charge in [0.15, 0.2) is 0 Å². The monoisotopic (exact) mass is 247 g/mol. The molecule has 0 aromatic carbocycles. The highest BCUT2D eigenvalue weighted by Crippen LogP contribution is 2.19. The van der Waals surface area contributed by atoms with E-state index in [0.717, 1.165) is 0 Å². The fraction of sp³-hybridized carbons (Fsp3) is 0.917. The van der Waals surface area contributed by atoms with Gasteiger partial charge in [0, 0.05) is 6.54 Å². The number of rotatable bonds is 4. The first-order valence-corrected chi connectivity index (χ1v) is 6.22. The second-order valence-electron chi connectivity index (χ2n) is 4.74. The Hall–Kier alpha value is -0.680. The summed E-state index contributed by atoms with van der Waals surface area (Å²) in [6, 6.07) is 0. The van der Waals surface area contributed by atoms with Gasteiger partial charge in [-0.15, -0.1) is 0 Å². The molecule has 1 fully saturated rings. The lowest BCUT2D eigenvalue weighted by Crippen LogP contribution is -2.51. The zero-order valence-electron chi connectivity index (χ0n) is 10.7. The number of hydrogen-bond donors (Lipinski definition) is 1. The van der Waals surface area contributed by atoms with Crippen LogP contribution >= 0.6 is 0 Å². The molecule has 1 N–H and O–H groups in total. The first-order valence-electron chi connectivity index (χ1n) is 6.22. The fourth-order valence-corrected chi connectivity index (χ4v) is 1.97. The minimum Gasteiger partial charge on any atom is -0.383 e. The Morgan fingerprint density at radius 1 is 1.59 bits per heavy atom. The molecule has 5 heteroatoms. The van der Waals surface area contributed by atoms with E-state index >= 15 is 0 Å². The minimum absolute atomic E-state index is 0.0123. The summed E-state index contributed by atoms with van der Waals surface area (Å²) >= 11 is 0. The molecule has 0 aromatic rings. The summed E-state index contributed by atoms with van der Waals surface area (Å²) in [5.74, 6) is -0.377. The summed E-state index contributed by atoms with van der Waals surface area (Å²) in [4.78, 5) is 13.1. The van der Waals surface area contributed by atoms with Crippen molar-refractivity contribution in [3.05, 3.63) is 0 Å². The van der Waals surface area contributed by atoms with Crippen molar-refractivity contribution < 1.29 is 19.0 Å². The lowest BCUT2D eigenvalue weighted by Gasteiger charge is -2.36. The molecule has 1 saturated heterocycles. The molecule has 1 aliphatic heterocycles. The van der Waals surface area contributed by atoms with Crippen LogP contribution in [0.2, 0.25) is 0 Å². The van der Waals surface area contributed by atoms with Gasteiger partial charge in [-0.1, -0.05) is 6.92 Å². The van der Waals surface area contributed by atoms with E-state index in [1.165, 1.54) is 4.90 Å². The number of alkyl halides is 1. The summed E-state index contributed by atoms with van der Waals surface area (Å²) < 4.78 is 19.2. The molecule has 3 atom stereocenters. The molecule has 0 bridgehead atoms. The van der Waals surface area contributed by atoms with E-state index in [-0.39, 0.29) is 18.6 Å². The Kier molecular flexibility index (Phi) is 5.33. The lowest BCUT2D eigenvalue weighted by atomic mass is 10.0. The number of hydrogen-bond acceptors (Lipinski definition) is 3. The number of aliphatic hydroxyl groups is 1. The van der Waals surface area contributed by atoms with Crippen LogP contribution in [0.4, 0.5) is 4.39 Å². The molecule has 1 aliphatic rings. The molecule has 0 aromatic heterocycles. The smallest absolute Gasteiger partial charge is 0.251 e. The summed E-state index contributed by atoms with van der Waals surface area (Å²) in [5, 5.41) is 9.43. The molecule has 0 radical (unpaired) electrons. The number of likely N-dealkylation sites (tertiary alicyclic amines) is 1. The van der Waals surface area contributed by atoms with E-state index in [2.05, 4.69) is 0 Å². The van der Waals surface area contributed by atoms with Gasteiger partial charge in [0.2, 0.25) is 0 Å². The predicted molar refractivity (Wildman–Crippen MR) is 62.4 cm³/mol. The van der Waals surface area contributed by atoms with Crippen molar-refractivity contribution in [2.45, 2.75) is 58.1 Å².